The van der Waals surface area contributed by atoms with E-state index >= 15 is 0 Å². The SMILES string of the molecule is COc1cccc(Br)c1C(=O)CCCl. The fourth-order valence-corrected chi connectivity index (χ4v) is 1.90. The number of hydrogen-bond donors (Lipinski definition) is 0. The average molecular weight is 278 g/mol. The fraction of sp³-hybridized carbons (Fsp3) is 0.300. The number of hydrogen-bond acceptors (Lipinski definition) is 2. The Kier molecular flexibility index (Phi) is 4.42. The van der Waals surface area contributed by atoms with E-state index in [1.165, 1.54) is 0 Å². The molecule has 0 unspecified atom stereocenters. The number of carbonyl (C=O) groups is 1. The molecule has 0 aliphatic rings. The molecule has 76 valence electrons. The van der Waals surface area contributed by atoms with Gasteiger partial charge in [0, 0.05) is 16.8 Å². The van der Waals surface area contributed by atoms with Crippen LogP contribution in [0, 0.1) is 0 Å². The first-order valence-corrected chi connectivity index (χ1v) is 5.45. The van der Waals surface area contributed by atoms with Crippen molar-refractivity contribution in [1.29, 1.82) is 0 Å². The van der Waals surface area contributed by atoms with Gasteiger partial charge in [-0.2, -0.15) is 0 Å². The molecule has 0 atom stereocenters. The van der Waals surface area contributed by atoms with Crippen molar-refractivity contribution in [2.24, 2.45) is 0 Å². The Labute approximate surface area is 96.3 Å². The summed E-state index contributed by atoms with van der Waals surface area (Å²) in [6, 6.07) is 5.39. The summed E-state index contributed by atoms with van der Waals surface area (Å²) >= 11 is 8.83. The Morgan fingerprint density at radius 1 is 1.57 bits per heavy atom. The molecule has 0 radical (unpaired) electrons. The summed E-state index contributed by atoms with van der Waals surface area (Å²) in [6.45, 7) is 0. The molecule has 0 aliphatic carbocycles. The minimum atomic E-state index is -0.00988. The lowest BCUT2D eigenvalue weighted by Crippen LogP contribution is -2.03. The highest BCUT2D eigenvalue weighted by molar-refractivity contribution is 9.10. The van der Waals surface area contributed by atoms with Gasteiger partial charge in [-0.1, -0.05) is 6.07 Å². The Hall–Kier alpha value is -0.540. The molecule has 0 heterocycles. The van der Waals surface area contributed by atoms with Crippen LogP contribution in [0.5, 0.6) is 5.75 Å². The van der Waals surface area contributed by atoms with Gasteiger partial charge in [0.15, 0.2) is 5.78 Å². The van der Waals surface area contributed by atoms with Gasteiger partial charge in [0.25, 0.3) is 0 Å². The number of methoxy groups -OCH3 is 1. The molecule has 14 heavy (non-hydrogen) atoms. The summed E-state index contributed by atoms with van der Waals surface area (Å²) in [5, 5.41) is 0. The zero-order valence-corrected chi connectivity index (χ0v) is 10.1. The minimum absolute atomic E-state index is 0.00988. The summed E-state index contributed by atoms with van der Waals surface area (Å²) in [7, 11) is 1.54. The maximum absolute atomic E-state index is 11.7. The lowest BCUT2D eigenvalue weighted by molar-refractivity contribution is 0.0985. The maximum atomic E-state index is 11.7. The van der Waals surface area contributed by atoms with Gasteiger partial charge in [0.05, 0.1) is 12.7 Å². The molecule has 2 nitrogen and oxygen atoms in total. The average Bonchev–Trinajstić information content (AvgIpc) is 2.17. The number of ketones is 1. The van der Waals surface area contributed by atoms with Crippen LogP contribution >= 0.6 is 27.5 Å². The Bertz CT molecular complexity index is 339. The molecule has 0 saturated carbocycles. The predicted molar refractivity (Wildman–Crippen MR) is 60.4 cm³/mol. The second kappa shape index (κ2) is 5.37. The van der Waals surface area contributed by atoms with Crippen LogP contribution in [-0.4, -0.2) is 18.8 Å². The molecule has 1 aromatic carbocycles. The monoisotopic (exact) mass is 276 g/mol. The van der Waals surface area contributed by atoms with Crippen molar-refractivity contribution in [3.63, 3.8) is 0 Å². The summed E-state index contributed by atoms with van der Waals surface area (Å²) in [6.07, 6.45) is 0.320. The van der Waals surface area contributed by atoms with E-state index in [1.54, 1.807) is 13.2 Å². The van der Waals surface area contributed by atoms with E-state index in [9.17, 15) is 4.79 Å². The number of Topliss-reactive ketones (excluding diaryl/α,β-unsaturated/α-hetero) is 1. The zero-order chi connectivity index (χ0) is 10.6. The third kappa shape index (κ3) is 2.49. The zero-order valence-electron chi connectivity index (χ0n) is 7.72. The molecule has 1 aromatic rings. The van der Waals surface area contributed by atoms with Crippen LogP contribution in [0.3, 0.4) is 0 Å². The highest BCUT2D eigenvalue weighted by atomic mass is 79.9. The summed E-state index contributed by atoms with van der Waals surface area (Å²) < 4.78 is 5.84. The van der Waals surface area contributed by atoms with Gasteiger partial charge < -0.3 is 4.74 Å². The minimum Gasteiger partial charge on any atom is -0.496 e. The number of alkyl halides is 1. The van der Waals surface area contributed by atoms with E-state index in [0.717, 1.165) is 4.47 Å². The van der Waals surface area contributed by atoms with Gasteiger partial charge in [-0.15, -0.1) is 11.6 Å². The molecule has 0 aliphatic heterocycles. The predicted octanol–water partition coefficient (Wildman–Crippen LogP) is 3.27. The Balaban J connectivity index is 3.10. The number of benzene rings is 1. The molecule has 4 heteroatoms. The van der Waals surface area contributed by atoms with Gasteiger partial charge in [-0.3, -0.25) is 4.79 Å². The van der Waals surface area contributed by atoms with Crippen molar-refractivity contribution in [3.05, 3.63) is 28.2 Å². The fourth-order valence-electron chi connectivity index (χ4n) is 1.16. The molecule has 0 N–H and O–H groups in total. The highest BCUT2D eigenvalue weighted by Gasteiger charge is 2.14. The number of carbonyl (C=O) groups excluding carboxylic acids is 1. The van der Waals surface area contributed by atoms with Crippen LogP contribution < -0.4 is 4.74 Å². The van der Waals surface area contributed by atoms with Crippen LogP contribution in [0.15, 0.2) is 22.7 Å². The van der Waals surface area contributed by atoms with Crippen molar-refractivity contribution >= 4 is 33.3 Å². The first-order valence-electron chi connectivity index (χ1n) is 4.12. The number of rotatable bonds is 4. The van der Waals surface area contributed by atoms with Crippen LogP contribution in [-0.2, 0) is 0 Å². The van der Waals surface area contributed by atoms with Crippen LogP contribution in [0.25, 0.3) is 0 Å². The van der Waals surface area contributed by atoms with Gasteiger partial charge in [0.1, 0.15) is 5.75 Å². The van der Waals surface area contributed by atoms with Crippen LogP contribution in [0.1, 0.15) is 16.8 Å². The topological polar surface area (TPSA) is 26.3 Å². The summed E-state index contributed by atoms with van der Waals surface area (Å²) in [5.41, 5.74) is 0.565. The van der Waals surface area contributed by atoms with Crippen LogP contribution in [0.2, 0.25) is 0 Å². The normalized spacial score (nSPS) is 9.93. The first kappa shape index (κ1) is 11.5. The third-order valence-corrected chi connectivity index (χ3v) is 2.65. The maximum Gasteiger partial charge on any atom is 0.168 e. The molecular formula is C10H10BrClO2. The van der Waals surface area contributed by atoms with Gasteiger partial charge >= 0.3 is 0 Å². The molecule has 0 spiro atoms. The Morgan fingerprint density at radius 2 is 2.29 bits per heavy atom. The molecule has 0 aromatic heterocycles. The molecule has 0 saturated heterocycles. The molecule has 0 bridgehead atoms. The summed E-state index contributed by atoms with van der Waals surface area (Å²) in [5.74, 6) is 0.891. The highest BCUT2D eigenvalue weighted by Crippen LogP contribution is 2.27. The largest absolute Gasteiger partial charge is 0.496 e. The molecule has 0 fully saturated rings. The van der Waals surface area contributed by atoms with Crippen molar-refractivity contribution in [2.45, 2.75) is 6.42 Å². The van der Waals surface area contributed by atoms with E-state index in [-0.39, 0.29) is 5.78 Å². The lowest BCUT2D eigenvalue weighted by Gasteiger charge is -2.08. The first-order chi connectivity index (χ1) is 6.70. The van der Waals surface area contributed by atoms with Crippen molar-refractivity contribution < 1.29 is 9.53 Å². The van der Waals surface area contributed by atoms with Crippen molar-refractivity contribution in [2.75, 3.05) is 13.0 Å². The van der Waals surface area contributed by atoms with Gasteiger partial charge in [-0.05, 0) is 28.1 Å². The number of ether oxygens (including phenoxy) is 1. The van der Waals surface area contributed by atoms with E-state index in [0.29, 0.717) is 23.6 Å². The van der Waals surface area contributed by atoms with Crippen LogP contribution in [0.4, 0.5) is 0 Å². The smallest absolute Gasteiger partial charge is 0.168 e. The van der Waals surface area contributed by atoms with Gasteiger partial charge in [-0.25, -0.2) is 0 Å². The van der Waals surface area contributed by atoms with E-state index in [4.69, 9.17) is 16.3 Å². The van der Waals surface area contributed by atoms with E-state index < -0.39 is 0 Å². The molecular weight excluding hydrogens is 267 g/mol. The standard InChI is InChI=1S/C10H10BrClO2/c1-14-9-4-2-3-7(11)10(9)8(13)5-6-12/h2-4H,5-6H2,1H3. The van der Waals surface area contributed by atoms with Crippen molar-refractivity contribution in [1.82, 2.24) is 0 Å². The van der Waals surface area contributed by atoms with Crippen molar-refractivity contribution in [3.8, 4) is 5.75 Å². The van der Waals surface area contributed by atoms with E-state index in [2.05, 4.69) is 15.9 Å². The van der Waals surface area contributed by atoms with E-state index in [1.807, 2.05) is 12.1 Å². The summed E-state index contributed by atoms with van der Waals surface area (Å²) in [4.78, 5) is 11.7. The second-order valence-electron chi connectivity index (χ2n) is 2.68. The second-order valence-corrected chi connectivity index (χ2v) is 3.91. The quantitative estimate of drug-likeness (QED) is 0.624. The molecule has 0 amide bonds. The Morgan fingerprint density at radius 3 is 2.86 bits per heavy atom. The third-order valence-electron chi connectivity index (χ3n) is 1.80. The van der Waals surface area contributed by atoms with Gasteiger partial charge in [0.2, 0.25) is 0 Å². The number of halogens is 2. The molecule has 1 rings (SSSR count). The lowest BCUT2D eigenvalue weighted by atomic mass is 10.1.